The average molecular weight is 665 g/mol. The zero-order chi connectivity index (χ0) is 33.6. The predicted octanol–water partition coefficient (Wildman–Crippen LogP) is 4.45. The number of ether oxygens (including phenoxy) is 1. The van der Waals surface area contributed by atoms with E-state index in [4.69, 9.17) is 14.7 Å². The zero-order valence-electron chi connectivity index (χ0n) is 26.9. The molecule has 2 aromatic carbocycles. The van der Waals surface area contributed by atoms with Gasteiger partial charge in [0.2, 0.25) is 0 Å². The van der Waals surface area contributed by atoms with Gasteiger partial charge in [0.1, 0.15) is 12.4 Å². The molecule has 48 heavy (non-hydrogen) atoms. The first-order valence-electron chi connectivity index (χ1n) is 16.5. The lowest BCUT2D eigenvalue weighted by molar-refractivity contribution is -0.136. The lowest BCUT2D eigenvalue weighted by Gasteiger charge is -2.41. The molecule has 1 atom stereocenters. The van der Waals surface area contributed by atoms with Crippen LogP contribution in [-0.4, -0.2) is 113 Å². The monoisotopic (exact) mass is 664 g/mol. The summed E-state index contributed by atoms with van der Waals surface area (Å²) in [6.07, 6.45) is -3.01. The van der Waals surface area contributed by atoms with Gasteiger partial charge in [-0.1, -0.05) is 24.3 Å². The SMILES string of the molecule is CN1CCN(C2(COc3nc4c(c(N5CCN(C(=O)O)C(CC#N)C5)n3)CCN(c3cccc5cccc(C(F)(F)F)c35)C4)CC2)CC1. The molecule has 0 spiro atoms. The minimum absolute atomic E-state index is 0.0450. The Hall–Kier alpha value is -4.35. The molecule has 1 aliphatic carbocycles. The summed E-state index contributed by atoms with van der Waals surface area (Å²) in [7, 11) is 2.12. The number of halogens is 3. The standard InChI is InChI=1S/C34H39F3N8O3/c1-41-14-17-44(18-15-41)33(10-11-33)22-48-31-39-27-21-42(28-7-3-5-23-4-2-6-26(29(23)28)34(35,36)37)13-9-25(27)30(40-31)43-16-19-45(32(46)47)24(20-43)8-12-38/h2-7,24H,8-11,13-22H2,1H3,(H,46,47). The van der Waals surface area contributed by atoms with Crippen molar-refractivity contribution in [2.24, 2.45) is 0 Å². The number of nitrogens with zero attached hydrogens (tertiary/aromatic N) is 8. The number of nitriles is 1. The van der Waals surface area contributed by atoms with Crippen LogP contribution in [0.3, 0.4) is 0 Å². The van der Waals surface area contributed by atoms with Gasteiger partial charge < -0.3 is 29.4 Å². The molecule has 3 fully saturated rings. The number of fused-ring (bicyclic) bond motifs is 2. The first-order valence-corrected chi connectivity index (χ1v) is 16.5. The van der Waals surface area contributed by atoms with Crippen LogP contribution in [0.1, 0.15) is 36.1 Å². The number of hydrogen-bond donors (Lipinski definition) is 1. The number of rotatable bonds is 7. The fourth-order valence-electron chi connectivity index (χ4n) is 7.50. The number of amides is 1. The molecule has 3 aliphatic heterocycles. The van der Waals surface area contributed by atoms with Crippen LogP contribution in [-0.2, 0) is 19.1 Å². The van der Waals surface area contributed by atoms with Crippen molar-refractivity contribution in [2.75, 3.05) is 75.8 Å². The van der Waals surface area contributed by atoms with Gasteiger partial charge in [0.05, 0.1) is 41.9 Å². The Balaban J connectivity index is 1.22. The summed E-state index contributed by atoms with van der Waals surface area (Å²) >= 11 is 0. The van der Waals surface area contributed by atoms with E-state index in [1.807, 2.05) is 9.80 Å². The smallest absolute Gasteiger partial charge is 0.417 e. The number of carboxylic acid groups (broad SMARTS) is 1. The maximum Gasteiger partial charge on any atom is 0.417 e. The molecular formula is C34H39F3N8O3. The second-order valence-corrected chi connectivity index (χ2v) is 13.3. The van der Waals surface area contributed by atoms with Crippen molar-refractivity contribution in [2.45, 2.75) is 50.0 Å². The van der Waals surface area contributed by atoms with Gasteiger partial charge in [-0.3, -0.25) is 4.90 Å². The molecular weight excluding hydrogens is 625 g/mol. The Morgan fingerprint density at radius 2 is 1.79 bits per heavy atom. The molecule has 1 aromatic heterocycles. The highest BCUT2D eigenvalue weighted by molar-refractivity contribution is 5.97. The lowest BCUT2D eigenvalue weighted by Crippen LogP contribution is -2.55. The van der Waals surface area contributed by atoms with Crippen molar-refractivity contribution in [3.05, 3.63) is 53.2 Å². The molecule has 0 bridgehead atoms. The summed E-state index contributed by atoms with van der Waals surface area (Å²) in [5.41, 5.74) is 1.30. The first-order chi connectivity index (χ1) is 23.1. The molecule has 2 saturated heterocycles. The van der Waals surface area contributed by atoms with Gasteiger partial charge in [0.25, 0.3) is 0 Å². The highest BCUT2D eigenvalue weighted by atomic mass is 19.4. The third kappa shape index (κ3) is 6.17. The van der Waals surface area contributed by atoms with Crippen LogP contribution in [0.4, 0.5) is 29.5 Å². The molecule has 4 heterocycles. The largest absolute Gasteiger partial charge is 0.465 e. The van der Waals surface area contributed by atoms with E-state index in [-0.39, 0.29) is 43.0 Å². The number of anilines is 2. The Morgan fingerprint density at radius 3 is 2.48 bits per heavy atom. The van der Waals surface area contributed by atoms with Gasteiger partial charge in [0.15, 0.2) is 0 Å². The van der Waals surface area contributed by atoms with Crippen LogP contribution >= 0.6 is 0 Å². The van der Waals surface area contributed by atoms with Crippen LogP contribution in [0.25, 0.3) is 10.8 Å². The molecule has 1 N–H and O–H groups in total. The van der Waals surface area contributed by atoms with E-state index in [9.17, 15) is 28.3 Å². The van der Waals surface area contributed by atoms with E-state index >= 15 is 0 Å². The third-order valence-corrected chi connectivity index (χ3v) is 10.4. The van der Waals surface area contributed by atoms with Crippen molar-refractivity contribution in [3.63, 3.8) is 0 Å². The van der Waals surface area contributed by atoms with E-state index in [2.05, 4.69) is 22.9 Å². The van der Waals surface area contributed by atoms with E-state index in [1.54, 1.807) is 24.3 Å². The maximum atomic E-state index is 14.2. The molecule has 1 saturated carbocycles. The van der Waals surface area contributed by atoms with Crippen molar-refractivity contribution in [3.8, 4) is 12.1 Å². The van der Waals surface area contributed by atoms with Crippen molar-refractivity contribution in [1.82, 2.24) is 24.7 Å². The summed E-state index contributed by atoms with van der Waals surface area (Å²) in [5, 5.41) is 19.9. The average Bonchev–Trinajstić information content (AvgIpc) is 3.87. The molecule has 1 amide bonds. The Kier molecular flexibility index (Phi) is 8.45. The molecule has 7 rings (SSSR count). The molecule has 11 nitrogen and oxygen atoms in total. The second kappa shape index (κ2) is 12.6. The summed E-state index contributed by atoms with van der Waals surface area (Å²) in [5.74, 6) is 0.640. The van der Waals surface area contributed by atoms with E-state index in [0.29, 0.717) is 48.7 Å². The van der Waals surface area contributed by atoms with Crippen LogP contribution < -0.4 is 14.5 Å². The molecule has 14 heteroatoms. The molecule has 0 radical (unpaired) electrons. The van der Waals surface area contributed by atoms with E-state index in [0.717, 1.165) is 50.7 Å². The number of piperazine rings is 2. The number of benzene rings is 2. The van der Waals surface area contributed by atoms with Crippen LogP contribution in [0.2, 0.25) is 0 Å². The summed E-state index contributed by atoms with van der Waals surface area (Å²) in [6.45, 7) is 5.92. The zero-order valence-corrected chi connectivity index (χ0v) is 26.9. The Bertz CT molecular complexity index is 1730. The fourth-order valence-corrected chi connectivity index (χ4v) is 7.50. The molecule has 1 unspecified atom stereocenters. The number of hydrogen-bond acceptors (Lipinski definition) is 9. The molecule has 4 aliphatic rings. The highest BCUT2D eigenvalue weighted by Crippen LogP contribution is 2.43. The van der Waals surface area contributed by atoms with Crippen molar-refractivity contribution >= 4 is 28.4 Å². The second-order valence-electron chi connectivity index (χ2n) is 13.3. The number of likely N-dealkylation sites (N-methyl/N-ethyl adjacent to an activating group) is 1. The molecule has 3 aromatic rings. The topological polar surface area (TPSA) is 112 Å². The van der Waals surface area contributed by atoms with Crippen LogP contribution in [0.5, 0.6) is 6.01 Å². The van der Waals surface area contributed by atoms with Gasteiger partial charge in [-0.05, 0) is 43.8 Å². The summed E-state index contributed by atoms with van der Waals surface area (Å²) in [6, 6.07) is 11.2. The van der Waals surface area contributed by atoms with Gasteiger partial charge >= 0.3 is 18.3 Å². The van der Waals surface area contributed by atoms with Gasteiger partial charge in [-0.15, -0.1) is 0 Å². The highest BCUT2D eigenvalue weighted by Gasteiger charge is 2.49. The predicted molar refractivity (Wildman–Crippen MR) is 173 cm³/mol. The summed E-state index contributed by atoms with van der Waals surface area (Å²) < 4.78 is 49.0. The van der Waals surface area contributed by atoms with Gasteiger partial charge in [-0.25, -0.2) is 4.79 Å². The van der Waals surface area contributed by atoms with Crippen molar-refractivity contribution in [1.29, 1.82) is 5.26 Å². The minimum Gasteiger partial charge on any atom is -0.465 e. The minimum atomic E-state index is -4.51. The summed E-state index contributed by atoms with van der Waals surface area (Å²) in [4.78, 5) is 31.8. The first kappa shape index (κ1) is 32.2. The van der Waals surface area contributed by atoms with Gasteiger partial charge in [0, 0.05) is 69.0 Å². The van der Waals surface area contributed by atoms with Crippen LogP contribution in [0.15, 0.2) is 36.4 Å². The van der Waals surface area contributed by atoms with E-state index < -0.39 is 23.9 Å². The van der Waals surface area contributed by atoms with Gasteiger partial charge in [-0.2, -0.15) is 28.4 Å². The Labute approximate surface area is 277 Å². The van der Waals surface area contributed by atoms with Crippen molar-refractivity contribution < 1.29 is 27.8 Å². The maximum absolute atomic E-state index is 14.2. The quantitative estimate of drug-likeness (QED) is 0.389. The molecule has 254 valence electrons. The third-order valence-electron chi connectivity index (χ3n) is 10.4. The normalized spacial score (nSPS) is 21.6. The Morgan fingerprint density at radius 1 is 1.04 bits per heavy atom. The number of carbonyl (C=O) groups is 1. The van der Waals surface area contributed by atoms with Crippen LogP contribution in [0, 0.1) is 11.3 Å². The fraction of sp³-hybridized carbons (Fsp3) is 0.529. The van der Waals surface area contributed by atoms with E-state index in [1.165, 1.54) is 11.0 Å². The number of alkyl halides is 3. The number of aromatic nitrogens is 2. The lowest BCUT2D eigenvalue weighted by atomic mass is 9.98.